The summed E-state index contributed by atoms with van der Waals surface area (Å²) in [6, 6.07) is 14.9. The Labute approximate surface area is 140 Å². The Hall–Kier alpha value is -2.79. The van der Waals surface area contributed by atoms with Crippen molar-refractivity contribution in [3.63, 3.8) is 0 Å². The molecule has 0 spiro atoms. The van der Waals surface area contributed by atoms with Crippen LogP contribution >= 0.6 is 0 Å². The predicted octanol–water partition coefficient (Wildman–Crippen LogP) is 3.98. The number of hydrogen-bond donors (Lipinski definition) is 1. The van der Waals surface area contributed by atoms with Crippen molar-refractivity contribution >= 4 is 0 Å². The first-order valence-electron chi connectivity index (χ1n) is 7.65. The second-order valence-electron chi connectivity index (χ2n) is 5.41. The Bertz CT molecular complexity index is 793. The molecule has 0 radical (unpaired) electrons. The summed E-state index contributed by atoms with van der Waals surface area (Å²) in [6.45, 7) is 2.01. The van der Waals surface area contributed by atoms with Gasteiger partial charge < -0.3 is 19.0 Å². The van der Waals surface area contributed by atoms with E-state index in [9.17, 15) is 5.11 Å². The highest BCUT2D eigenvalue weighted by molar-refractivity contribution is 5.54. The van der Waals surface area contributed by atoms with Gasteiger partial charge in [0.05, 0.1) is 13.2 Å². The molecule has 5 heteroatoms. The van der Waals surface area contributed by atoms with E-state index in [4.69, 9.17) is 13.9 Å². The van der Waals surface area contributed by atoms with E-state index in [1.54, 1.807) is 20.3 Å². The van der Waals surface area contributed by atoms with E-state index >= 15 is 0 Å². The second kappa shape index (κ2) is 7.19. The molecule has 0 saturated carbocycles. The van der Waals surface area contributed by atoms with Crippen molar-refractivity contribution in [2.75, 3.05) is 7.11 Å². The number of aromatic nitrogens is 1. The molecule has 0 aliphatic heterocycles. The second-order valence-corrected chi connectivity index (χ2v) is 5.41. The van der Waals surface area contributed by atoms with Crippen LogP contribution in [0.4, 0.5) is 0 Å². The number of aliphatic hydroxyl groups excluding tert-OH is 1. The largest absolute Gasteiger partial charge is 0.497 e. The van der Waals surface area contributed by atoms with E-state index in [0.29, 0.717) is 23.9 Å². The molecule has 0 amide bonds. The lowest BCUT2D eigenvalue weighted by Crippen LogP contribution is -1.97. The Kier molecular flexibility index (Phi) is 4.82. The van der Waals surface area contributed by atoms with Crippen molar-refractivity contribution in [1.82, 2.24) is 4.98 Å². The average Bonchev–Trinajstić information content (AvgIpc) is 3.09. The van der Waals surface area contributed by atoms with Crippen LogP contribution in [0.2, 0.25) is 0 Å². The van der Waals surface area contributed by atoms with Gasteiger partial charge in [-0.25, -0.2) is 4.98 Å². The molecule has 1 N–H and O–H groups in total. The molecule has 1 aromatic heterocycles. The van der Waals surface area contributed by atoms with Crippen LogP contribution < -0.4 is 9.47 Å². The normalized spacial score (nSPS) is 12.0. The smallest absolute Gasteiger partial charge is 0.226 e. The third-order valence-corrected chi connectivity index (χ3v) is 3.62. The van der Waals surface area contributed by atoms with Gasteiger partial charge in [-0.1, -0.05) is 12.1 Å². The first-order valence-corrected chi connectivity index (χ1v) is 7.65. The Morgan fingerprint density at radius 1 is 1.12 bits per heavy atom. The molecular formula is C19H19NO4. The highest BCUT2D eigenvalue weighted by Gasteiger charge is 2.08. The molecule has 0 bridgehead atoms. The molecule has 0 aliphatic carbocycles. The molecule has 1 unspecified atom stereocenters. The lowest BCUT2D eigenvalue weighted by molar-refractivity contribution is 0.198. The molecule has 24 heavy (non-hydrogen) atoms. The maximum absolute atomic E-state index is 9.61. The third kappa shape index (κ3) is 3.75. The summed E-state index contributed by atoms with van der Waals surface area (Å²) in [5.41, 5.74) is 2.38. The standard InChI is InChI=1S/C19H19NO4/c1-13(21)15-4-3-5-18(10-15)23-11-16-12-24-19(20-16)14-6-8-17(22-2)9-7-14/h3-10,12-13,21H,11H2,1-2H3. The van der Waals surface area contributed by atoms with Crippen molar-refractivity contribution in [2.45, 2.75) is 19.6 Å². The van der Waals surface area contributed by atoms with Crippen LogP contribution in [0.1, 0.15) is 24.3 Å². The fraction of sp³-hybridized carbons (Fsp3) is 0.211. The Balaban J connectivity index is 1.66. The van der Waals surface area contributed by atoms with Gasteiger partial charge >= 0.3 is 0 Å². The van der Waals surface area contributed by atoms with Gasteiger partial charge in [0, 0.05) is 5.56 Å². The summed E-state index contributed by atoms with van der Waals surface area (Å²) >= 11 is 0. The fourth-order valence-electron chi connectivity index (χ4n) is 2.26. The van der Waals surface area contributed by atoms with Crippen molar-refractivity contribution in [1.29, 1.82) is 0 Å². The molecule has 0 aliphatic rings. The van der Waals surface area contributed by atoms with Crippen LogP contribution in [0.5, 0.6) is 11.5 Å². The first kappa shape index (κ1) is 16.1. The van der Waals surface area contributed by atoms with Gasteiger partial charge in [-0.05, 0) is 48.9 Å². The van der Waals surface area contributed by atoms with Crippen LogP contribution in [0, 0.1) is 0 Å². The SMILES string of the molecule is COc1ccc(-c2nc(COc3cccc(C(C)O)c3)co2)cc1. The number of benzene rings is 2. The Morgan fingerprint density at radius 3 is 2.62 bits per heavy atom. The zero-order valence-electron chi connectivity index (χ0n) is 13.6. The lowest BCUT2D eigenvalue weighted by atomic mass is 10.1. The van der Waals surface area contributed by atoms with E-state index in [0.717, 1.165) is 16.9 Å². The first-order chi connectivity index (χ1) is 11.7. The number of methoxy groups -OCH3 is 1. The average molecular weight is 325 g/mol. The number of rotatable bonds is 6. The number of aliphatic hydroxyl groups is 1. The maximum Gasteiger partial charge on any atom is 0.226 e. The summed E-state index contributed by atoms with van der Waals surface area (Å²) in [4.78, 5) is 4.43. The molecule has 124 valence electrons. The predicted molar refractivity (Wildman–Crippen MR) is 89.9 cm³/mol. The van der Waals surface area contributed by atoms with Gasteiger partial charge in [0.25, 0.3) is 0 Å². The molecule has 0 fully saturated rings. The maximum atomic E-state index is 9.61. The summed E-state index contributed by atoms with van der Waals surface area (Å²) in [6.07, 6.45) is 1.06. The summed E-state index contributed by atoms with van der Waals surface area (Å²) < 4.78 is 16.4. The summed E-state index contributed by atoms with van der Waals surface area (Å²) in [5.74, 6) is 2.00. The van der Waals surface area contributed by atoms with Crippen molar-refractivity contribution in [3.05, 3.63) is 66.1 Å². The molecular weight excluding hydrogens is 306 g/mol. The monoisotopic (exact) mass is 325 g/mol. The van der Waals surface area contributed by atoms with Crippen LogP contribution in [0.15, 0.2) is 59.2 Å². The minimum atomic E-state index is -0.526. The van der Waals surface area contributed by atoms with Gasteiger partial charge in [0.1, 0.15) is 30.1 Å². The molecule has 2 aromatic carbocycles. The minimum Gasteiger partial charge on any atom is -0.497 e. The fourth-order valence-corrected chi connectivity index (χ4v) is 2.26. The van der Waals surface area contributed by atoms with E-state index in [1.807, 2.05) is 48.5 Å². The molecule has 1 heterocycles. The van der Waals surface area contributed by atoms with Crippen LogP contribution in [-0.2, 0) is 6.61 Å². The highest BCUT2D eigenvalue weighted by Crippen LogP contribution is 2.23. The van der Waals surface area contributed by atoms with Crippen LogP contribution in [0.3, 0.4) is 0 Å². The van der Waals surface area contributed by atoms with Gasteiger partial charge in [-0.15, -0.1) is 0 Å². The zero-order valence-corrected chi connectivity index (χ0v) is 13.6. The number of oxazole rings is 1. The van der Waals surface area contributed by atoms with Crippen LogP contribution in [0.25, 0.3) is 11.5 Å². The van der Waals surface area contributed by atoms with Gasteiger partial charge in [-0.3, -0.25) is 0 Å². The molecule has 3 aromatic rings. The molecule has 5 nitrogen and oxygen atoms in total. The van der Waals surface area contributed by atoms with E-state index in [2.05, 4.69) is 4.98 Å². The quantitative estimate of drug-likeness (QED) is 0.742. The molecule has 3 rings (SSSR count). The minimum absolute atomic E-state index is 0.295. The zero-order chi connectivity index (χ0) is 16.9. The van der Waals surface area contributed by atoms with E-state index in [-0.39, 0.29) is 0 Å². The summed E-state index contributed by atoms with van der Waals surface area (Å²) in [5, 5.41) is 9.61. The van der Waals surface area contributed by atoms with Crippen molar-refractivity contribution < 1.29 is 19.0 Å². The van der Waals surface area contributed by atoms with Crippen molar-refractivity contribution in [3.8, 4) is 23.0 Å². The van der Waals surface area contributed by atoms with Gasteiger partial charge in [0.2, 0.25) is 5.89 Å². The Morgan fingerprint density at radius 2 is 1.92 bits per heavy atom. The van der Waals surface area contributed by atoms with Gasteiger partial charge in [-0.2, -0.15) is 0 Å². The lowest BCUT2D eigenvalue weighted by Gasteiger charge is -2.08. The van der Waals surface area contributed by atoms with E-state index < -0.39 is 6.10 Å². The molecule has 0 saturated heterocycles. The number of ether oxygens (including phenoxy) is 2. The summed E-state index contributed by atoms with van der Waals surface area (Å²) in [7, 11) is 1.63. The number of nitrogens with zero attached hydrogens (tertiary/aromatic N) is 1. The third-order valence-electron chi connectivity index (χ3n) is 3.62. The van der Waals surface area contributed by atoms with Crippen molar-refractivity contribution in [2.24, 2.45) is 0 Å². The molecule has 1 atom stereocenters. The van der Waals surface area contributed by atoms with Crippen LogP contribution in [-0.4, -0.2) is 17.2 Å². The van der Waals surface area contributed by atoms with Gasteiger partial charge in [0.15, 0.2) is 0 Å². The topological polar surface area (TPSA) is 64.7 Å². The number of hydrogen-bond acceptors (Lipinski definition) is 5. The highest BCUT2D eigenvalue weighted by atomic mass is 16.5. The van der Waals surface area contributed by atoms with E-state index in [1.165, 1.54) is 0 Å².